The molecule has 0 nitrogen and oxygen atoms in total. The number of hydrogen-bond acceptors (Lipinski definition) is 0. The van der Waals surface area contributed by atoms with E-state index >= 15 is 0 Å². The zero-order valence-corrected chi connectivity index (χ0v) is 9.66. The fraction of sp³-hybridized carbons (Fsp3) is 0. The quantitative estimate of drug-likeness (QED) is 0.492. The fourth-order valence-corrected chi connectivity index (χ4v) is 1.62. The summed E-state index contributed by atoms with van der Waals surface area (Å²) in [6.45, 7) is 0. The van der Waals surface area contributed by atoms with Crippen molar-refractivity contribution in [2.75, 3.05) is 0 Å². The Hall–Kier alpha value is 0.440. The van der Waals surface area contributed by atoms with Crippen molar-refractivity contribution in [1.29, 1.82) is 0 Å². The molecule has 12 heavy (non-hydrogen) atoms. The third-order valence-electron chi connectivity index (χ3n) is 1.67. The molecule has 65 valence electrons. The minimum absolute atomic E-state index is 0. The second-order valence-corrected chi connectivity index (χ2v) is 3.24. The maximum Gasteiger partial charge on any atom is 0 e. The van der Waals surface area contributed by atoms with Crippen molar-refractivity contribution >= 4 is 26.7 Å². The van der Waals surface area contributed by atoms with Crippen LogP contribution in [0.5, 0.6) is 0 Å². The van der Waals surface area contributed by atoms with Gasteiger partial charge in [-0.15, -0.1) is 32.8 Å². The molecule has 0 heterocycles. The van der Waals surface area contributed by atoms with Gasteiger partial charge in [-0.25, -0.2) is 0 Å². The van der Waals surface area contributed by atoms with Gasteiger partial charge in [-0.3, -0.25) is 0 Å². The molecule has 0 saturated carbocycles. The van der Waals surface area contributed by atoms with Crippen LogP contribution in [0.4, 0.5) is 0 Å². The molecule has 1 radical (unpaired) electrons. The van der Waals surface area contributed by atoms with Crippen LogP contribution in [0.1, 0.15) is 0 Å². The van der Waals surface area contributed by atoms with Gasteiger partial charge in [-0.05, 0) is 0 Å². The molecule has 0 N–H and O–H groups in total. The van der Waals surface area contributed by atoms with Gasteiger partial charge in [0, 0.05) is 37.7 Å². The van der Waals surface area contributed by atoms with Crippen molar-refractivity contribution < 1.29 is 37.7 Å². The molecule has 0 unspecified atom stereocenters. The van der Waals surface area contributed by atoms with Gasteiger partial charge >= 0.3 is 0 Å². The molecule has 2 rings (SSSR count). The van der Waals surface area contributed by atoms with E-state index in [-0.39, 0.29) is 37.7 Å². The molecule has 0 atom stereocenters. The average Bonchev–Trinajstić information content (AvgIpc) is 2.06. The van der Waals surface area contributed by atoms with Crippen molar-refractivity contribution in [2.45, 2.75) is 0 Å². The minimum Gasteiger partial charge on any atom is -0.182 e. The predicted octanol–water partition coefficient (Wildman–Crippen LogP) is 3.40. The Kier molecular flexibility index (Phi) is 4.04. The summed E-state index contributed by atoms with van der Waals surface area (Å²) < 4.78 is 1.11. The summed E-state index contributed by atoms with van der Waals surface area (Å²) in [5.41, 5.74) is 0. The Morgan fingerprint density at radius 2 is 1.83 bits per heavy atom. The first-order chi connectivity index (χ1) is 5.38. The Labute approximate surface area is 110 Å². The Balaban J connectivity index is 0.000000720. The molecular weight excluding hydrogens is 365 g/mol. The number of halogens is 1. The van der Waals surface area contributed by atoms with Gasteiger partial charge < -0.3 is 0 Å². The maximum atomic E-state index is 3.47. The smallest absolute Gasteiger partial charge is 0 e. The predicted molar refractivity (Wildman–Crippen MR) is 50.5 cm³/mol. The van der Waals surface area contributed by atoms with Crippen LogP contribution in [-0.2, 0) is 0 Å². The van der Waals surface area contributed by atoms with Crippen LogP contribution in [0, 0.1) is 43.8 Å². The third-order valence-corrected chi connectivity index (χ3v) is 2.32. The van der Waals surface area contributed by atoms with E-state index in [4.69, 9.17) is 0 Å². The van der Waals surface area contributed by atoms with Crippen molar-refractivity contribution in [3.8, 4) is 0 Å². The van der Waals surface area contributed by atoms with E-state index in [0.29, 0.717) is 0 Å². The molecule has 0 aliphatic rings. The Morgan fingerprint density at radius 1 is 1.08 bits per heavy atom. The van der Waals surface area contributed by atoms with Crippen LogP contribution in [0.2, 0.25) is 0 Å². The molecule has 0 spiro atoms. The van der Waals surface area contributed by atoms with Crippen molar-refractivity contribution in [3.63, 3.8) is 0 Å². The largest absolute Gasteiger partial charge is 0.182 e. The van der Waals surface area contributed by atoms with Crippen LogP contribution in [0.3, 0.4) is 0 Å². The van der Waals surface area contributed by atoms with Crippen molar-refractivity contribution in [2.24, 2.45) is 0 Å². The SMILES string of the molecule is Brc1c[c-]cc2ccccc12.[Ho]. The number of benzene rings is 2. The molecule has 0 saturated heterocycles. The summed E-state index contributed by atoms with van der Waals surface area (Å²) in [7, 11) is 0. The molecule has 0 amide bonds. The summed E-state index contributed by atoms with van der Waals surface area (Å²) in [5.74, 6) is 0. The van der Waals surface area contributed by atoms with E-state index in [1.54, 1.807) is 0 Å². The monoisotopic (exact) mass is 370 g/mol. The Morgan fingerprint density at radius 3 is 2.58 bits per heavy atom. The average molecular weight is 371 g/mol. The summed E-state index contributed by atoms with van der Waals surface area (Å²) in [6.07, 6.45) is 0. The standard InChI is InChI=1S/C10H6Br.Ho/c11-10-7-3-5-8-4-1-2-6-9(8)10;/h1-2,4-7H;/q-1;. The summed E-state index contributed by atoms with van der Waals surface area (Å²) in [4.78, 5) is 0. The summed E-state index contributed by atoms with van der Waals surface area (Å²) in [6, 6.07) is 15.2. The molecule has 0 aliphatic carbocycles. The molecule has 2 heteroatoms. The van der Waals surface area contributed by atoms with Crippen molar-refractivity contribution in [1.82, 2.24) is 0 Å². The number of fused-ring (bicyclic) bond motifs is 1. The van der Waals surface area contributed by atoms with Crippen molar-refractivity contribution in [3.05, 3.63) is 46.9 Å². The summed E-state index contributed by atoms with van der Waals surface area (Å²) in [5, 5.41) is 2.47. The molecule has 0 aliphatic heterocycles. The zero-order chi connectivity index (χ0) is 7.68. The van der Waals surface area contributed by atoms with E-state index in [9.17, 15) is 0 Å². The fourth-order valence-electron chi connectivity index (χ4n) is 1.12. The molecular formula is C10H6BrHo-. The second kappa shape index (κ2) is 4.61. The molecule has 2 aromatic rings. The van der Waals surface area contributed by atoms with E-state index in [1.807, 2.05) is 24.3 Å². The molecule has 0 fully saturated rings. The number of rotatable bonds is 0. The topological polar surface area (TPSA) is 0 Å². The van der Waals surface area contributed by atoms with Crippen LogP contribution in [0.15, 0.2) is 40.9 Å². The summed E-state index contributed by atoms with van der Waals surface area (Å²) >= 11 is 3.47. The van der Waals surface area contributed by atoms with Gasteiger partial charge in [0.25, 0.3) is 0 Å². The van der Waals surface area contributed by atoms with E-state index in [2.05, 4.69) is 34.1 Å². The third kappa shape index (κ3) is 2.02. The van der Waals surface area contributed by atoms with Gasteiger partial charge in [0.1, 0.15) is 0 Å². The van der Waals surface area contributed by atoms with Crippen LogP contribution >= 0.6 is 15.9 Å². The molecule has 0 aromatic heterocycles. The molecule has 0 bridgehead atoms. The van der Waals surface area contributed by atoms with Gasteiger partial charge in [0.05, 0.1) is 0 Å². The first-order valence-corrected chi connectivity index (χ1v) is 4.21. The zero-order valence-electron chi connectivity index (χ0n) is 6.14. The van der Waals surface area contributed by atoms with E-state index in [0.717, 1.165) is 4.47 Å². The first kappa shape index (κ1) is 10.5. The van der Waals surface area contributed by atoms with Gasteiger partial charge in [0.2, 0.25) is 0 Å². The minimum atomic E-state index is 0. The van der Waals surface area contributed by atoms with Crippen LogP contribution < -0.4 is 0 Å². The second-order valence-electron chi connectivity index (χ2n) is 2.39. The molecule has 2 aromatic carbocycles. The van der Waals surface area contributed by atoms with Gasteiger partial charge in [-0.2, -0.15) is 18.2 Å². The van der Waals surface area contributed by atoms with Crippen LogP contribution in [0.25, 0.3) is 10.8 Å². The van der Waals surface area contributed by atoms with Gasteiger partial charge in [0.15, 0.2) is 0 Å². The number of hydrogen-bond donors (Lipinski definition) is 0. The normalized spacial score (nSPS) is 9.42. The Bertz CT molecular complexity index is 379. The van der Waals surface area contributed by atoms with Gasteiger partial charge in [-0.1, -0.05) is 22.7 Å². The first-order valence-electron chi connectivity index (χ1n) is 3.42. The van der Waals surface area contributed by atoms with E-state index in [1.165, 1.54) is 10.8 Å². The van der Waals surface area contributed by atoms with E-state index < -0.39 is 0 Å². The van der Waals surface area contributed by atoms with Crippen LogP contribution in [-0.4, -0.2) is 0 Å². The maximum absolute atomic E-state index is 3.47.